The van der Waals surface area contributed by atoms with E-state index in [4.69, 9.17) is 0 Å². The van der Waals surface area contributed by atoms with Crippen LogP contribution in [0.15, 0.2) is 29.4 Å². The molecule has 2 unspecified atom stereocenters. The molecule has 2 aliphatic rings. The number of carbonyl (C=O) groups excluding carboxylic acids is 1. The summed E-state index contributed by atoms with van der Waals surface area (Å²) >= 11 is 1.70. The van der Waals surface area contributed by atoms with Crippen molar-refractivity contribution < 1.29 is 4.79 Å². The average Bonchev–Trinajstić information content (AvgIpc) is 2.60. The van der Waals surface area contributed by atoms with Crippen molar-refractivity contribution in [3.63, 3.8) is 0 Å². The fourth-order valence-electron chi connectivity index (χ4n) is 3.02. The van der Waals surface area contributed by atoms with Crippen LogP contribution in [-0.2, 0) is 4.79 Å². The summed E-state index contributed by atoms with van der Waals surface area (Å²) in [5.74, 6) is 0.994. The van der Waals surface area contributed by atoms with Gasteiger partial charge in [-0.25, -0.2) is 4.98 Å². The zero-order valence-electron chi connectivity index (χ0n) is 13.6. The molecule has 1 aromatic heterocycles. The van der Waals surface area contributed by atoms with E-state index in [9.17, 15) is 4.79 Å². The minimum atomic E-state index is -0.0374. The Morgan fingerprint density at radius 2 is 2.13 bits per heavy atom. The largest absolute Gasteiger partial charge is 0.328 e. The number of hydrogen-bond donors (Lipinski definition) is 2. The van der Waals surface area contributed by atoms with Gasteiger partial charge in [-0.15, -0.1) is 11.8 Å². The van der Waals surface area contributed by atoms with Crippen LogP contribution in [0.5, 0.6) is 0 Å². The second-order valence-corrected chi connectivity index (χ2v) is 7.03. The van der Waals surface area contributed by atoms with Crippen molar-refractivity contribution >= 4 is 17.7 Å². The lowest BCUT2D eigenvalue weighted by Crippen LogP contribution is -2.67. The predicted molar refractivity (Wildman–Crippen MR) is 92.1 cm³/mol. The number of pyridine rings is 1. The SMILES string of the molecule is CCN1CCN(C2NC(=O)CC(CSc3ccccn3)N2)CC1. The van der Waals surface area contributed by atoms with Gasteiger partial charge in [0.05, 0.1) is 5.03 Å². The molecule has 6 nitrogen and oxygen atoms in total. The van der Waals surface area contributed by atoms with E-state index in [1.54, 1.807) is 18.0 Å². The molecule has 3 heterocycles. The molecule has 7 heteroatoms. The first-order chi connectivity index (χ1) is 11.2. The number of piperazine rings is 1. The summed E-state index contributed by atoms with van der Waals surface area (Å²) in [4.78, 5) is 21.1. The van der Waals surface area contributed by atoms with Gasteiger partial charge >= 0.3 is 0 Å². The average molecular weight is 335 g/mol. The molecule has 2 atom stereocenters. The van der Waals surface area contributed by atoms with Gasteiger partial charge in [0.1, 0.15) is 6.29 Å². The second kappa shape index (κ2) is 8.10. The lowest BCUT2D eigenvalue weighted by Gasteiger charge is -2.42. The van der Waals surface area contributed by atoms with Crippen LogP contribution in [-0.4, -0.2) is 71.5 Å². The molecule has 3 rings (SSSR count). The van der Waals surface area contributed by atoms with Crippen molar-refractivity contribution in [1.29, 1.82) is 0 Å². The standard InChI is InChI=1S/C16H25N5OS/c1-2-20-7-9-21(10-8-20)16-18-13(11-14(22)19-16)12-23-15-5-3-4-6-17-15/h3-6,13,16,18H,2,7-12H2,1H3,(H,19,22). The van der Waals surface area contributed by atoms with E-state index >= 15 is 0 Å². The number of likely N-dealkylation sites (N-methyl/N-ethyl adjacent to an activating group) is 1. The molecule has 0 saturated carbocycles. The van der Waals surface area contributed by atoms with E-state index in [-0.39, 0.29) is 18.2 Å². The maximum absolute atomic E-state index is 12.0. The van der Waals surface area contributed by atoms with Crippen molar-refractivity contribution in [1.82, 2.24) is 25.4 Å². The van der Waals surface area contributed by atoms with Crippen LogP contribution in [0.25, 0.3) is 0 Å². The number of aromatic nitrogens is 1. The van der Waals surface area contributed by atoms with E-state index < -0.39 is 0 Å². The van der Waals surface area contributed by atoms with Gasteiger partial charge in [0.2, 0.25) is 5.91 Å². The summed E-state index contributed by atoms with van der Waals surface area (Å²) < 4.78 is 0. The van der Waals surface area contributed by atoms with Crippen molar-refractivity contribution in [3.05, 3.63) is 24.4 Å². The molecule has 1 amide bonds. The van der Waals surface area contributed by atoms with Crippen LogP contribution in [0.4, 0.5) is 0 Å². The Kier molecular flexibility index (Phi) is 5.88. The minimum Gasteiger partial charge on any atom is -0.328 e. The third kappa shape index (κ3) is 4.67. The maximum Gasteiger partial charge on any atom is 0.223 e. The summed E-state index contributed by atoms with van der Waals surface area (Å²) in [6.45, 7) is 7.41. The highest BCUT2D eigenvalue weighted by atomic mass is 32.2. The molecule has 2 saturated heterocycles. The van der Waals surface area contributed by atoms with Gasteiger partial charge in [0, 0.05) is 50.6 Å². The van der Waals surface area contributed by atoms with Gasteiger partial charge in [-0.05, 0) is 18.7 Å². The van der Waals surface area contributed by atoms with Gasteiger partial charge in [-0.3, -0.25) is 15.0 Å². The summed E-state index contributed by atoms with van der Waals surface area (Å²) in [5.41, 5.74) is 0. The fourth-order valence-corrected chi connectivity index (χ4v) is 3.92. The molecular weight excluding hydrogens is 310 g/mol. The number of nitrogens with one attached hydrogen (secondary N) is 2. The first-order valence-electron chi connectivity index (χ1n) is 8.30. The number of carbonyl (C=O) groups is 1. The van der Waals surface area contributed by atoms with Crippen molar-refractivity contribution in [3.8, 4) is 0 Å². The summed E-state index contributed by atoms with van der Waals surface area (Å²) in [6, 6.07) is 6.11. The lowest BCUT2D eigenvalue weighted by atomic mass is 10.2. The fraction of sp³-hybridized carbons (Fsp3) is 0.625. The summed E-state index contributed by atoms with van der Waals surface area (Å²) in [6.07, 6.45) is 2.30. The van der Waals surface area contributed by atoms with Crippen LogP contribution in [0, 0.1) is 0 Å². The van der Waals surface area contributed by atoms with E-state index in [0.717, 1.165) is 43.5 Å². The van der Waals surface area contributed by atoms with Gasteiger partial charge < -0.3 is 10.2 Å². The van der Waals surface area contributed by atoms with Gasteiger partial charge in [-0.2, -0.15) is 0 Å². The van der Waals surface area contributed by atoms with Crippen LogP contribution in [0.2, 0.25) is 0 Å². The molecule has 2 aliphatic heterocycles. The Balaban J connectivity index is 1.51. The predicted octanol–water partition coefficient (Wildman–Crippen LogP) is 0.573. The van der Waals surface area contributed by atoms with Crippen LogP contribution < -0.4 is 10.6 Å². The first kappa shape index (κ1) is 16.7. The topological polar surface area (TPSA) is 60.5 Å². The highest BCUT2D eigenvalue weighted by Crippen LogP contribution is 2.18. The van der Waals surface area contributed by atoms with Crippen LogP contribution in [0.1, 0.15) is 13.3 Å². The van der Waals surface area contributed by atoms with E-state index in [1.807, 2.05) is 18.2 Å². The summed E-state index contributed by atoms with van der Waals surface area (Å²) in [7, 11) is 0. The Morgan fingerprint density at radius 1 is 1.30 bits per heavy atom. The van der Waals surface area contributed by atoms with Crippen LogP contribution in [0.3, 0.4) is 0 Å². The smallest absolute Gasteiger partial charge is 0.223 e. The van der Waals surface area contributed by atoms with E-state index in [1.165, 1.54) is 0 Å². The van der Waals surface area contributed by atoms with Gasteiger partial charge in [0.15, 0.2) is 0 Å². The van der Waals surface area contributed by atoms with E-state index in [0.29, 0.717) is 6.42 Å². The molecule has 0 aliphatic carbocycles. The van der Waals surface area contributed by atoms with Crippen molar-refractivity contribution in [2.24, 2.45) is 0 Å². The first-order valence-corrected chi connectivity index (χ1v) is 9.29. The molecule has 126 valence electrons. The number of thioether (sulfide) groups is 1. The Labute approximate surface area is 142 Å². The molecule has 1 aromatic rings. The Hall–Kier alpha value is -1.15. The second-order valence-electron chi connectivity index (χ2n) is 5.99. The van der Waals surface area contributed by atoms with Crippen LogP contribution >= 0.6 is 11.8 Å². The third-order valence-electron chi connectivity index (χ3n) is 4.41. The number of amides is 1. The lowest BCUT2D eigenvalue weighted by molar-refractivity contribution is -0.127. The zero-order valence-corrected chi connectivity index (χ0v) is 14.4. The van der Waals surface area contributed by atoms with E-state index in [2.05, 4.69) is 32.3 Å². The molecule has 0 aromatic carbocycles. The highest BCUT2D eigenvalue weighted by molar-refractivity contribution is 7.99. The molecule has 23 heavy (non-hydrogen) atoms. The minimum absolute atomic E-state index is 0.0374. The number of hydrogen-bond acceptors (Lipinski definition) is 6. The third-order valence-corrected chi connectivity index (χ3v) is 5.52. The molecule has 0 radical (unpaired) electrons. The number of rotatable bonds is 5. The molecule has 0 bridgehead atoms. The molecule has 2 fully saturated rings. The van der Waals surface area contributed by atoms with Gasteiger partial charge in [0.25, 0.3) is 0 Å². The quantitative estimate of drug-likeness (QED) is 0.768. The zero-order chi connectivity index (χ0) is 16.1. The Morgan fingerprint density at radius 3 is 2.83 bits per heavy atom. The van der Waals surface area contributed by atoms with Crippen molar-refractivity contribution in [2.45, 2.75) is 30.7 Å². The molecule has 2 N–H and O–H groups in total. The molecular formula is C16H25N5OS. The maximum atomic E-state index is 12.0. The normalized spacial score (nSPS) is 26.9. The number of nitrogens with zero attached hydrogens (tertiary/aromatic N) is 3. The summed E-state index contributed by atoms with van der Waals surface area (Å²) in [5, 5.41) is 7.67. The Bertz CT molecular complexity index is 506. The monoisotopic (exact) mass is 335 g/mol. The highest BCUT2D eigenvalue weighted by Gasteiger charge is 2.31. The van der Waals surface area contributed by atoms with Gasteiger partial charge in [-0.1, -0.05) is 13.0 Å². The van der Waals surface area contributed by atoms with Crippen molar-refractivity contribution in [2.75, 3.05) is 38.5 Å². The molecule has 0 spiro atoms.